The molecule has 0 aliphatic carbocycles. The average Bonchev–Trinajstić information content (AvgIpc) is 1.98. The van der Waals surface area contributed by atoms with Crippen LogP contribution in [0.15, 0.2) is 12.2 Å². The lowest BCUT2D eigenvalue weighted by Gasteiger charge is -2.15. The van der Waals surface area contributed by atoms with Gasteiger partial charge in [0.25, 0.3) is 0 Å². The number of rotatable bonds is 5. The Balaban J connectivity index is 3.75. The first-order valence-corrected chi connectivity index (χ1v) is 4.15. The van der Waals surface area contributed by atoms with Crippen LogP contribution in [0.3, 0.4) is 0 Å². The summed E-state index contributed by atoms with van der Waals surface area (Å²) >= 11 is 0. The van der Waals surface area contributed by atoms with E-state index in [1.54, 1.807) is 0 Å². The van der Waals surface area contributed by atoms with Gasteiger partial charge in [-0.25, -0.2) is 0 Å². The molecule has 0 saturated carbocycles. The number of carbonyl (C=O) groups excluding carboxylic acids is 1. The first kappa shape index (κ1) is 11.2. The first-order valence-electron chi connectivity index (χ1n) is 4.15. The average molecular weight is 171 g/mol. The highest BCUT2D eigenvalue weighted by molar-refractivity contribution is 5.74. The standard InChI is InChI=1S/C9H17NO2/c1-3-4-5-7(2)8(11)6-9(10)12/h3-4,7-8,11H,5-6H2,1-2H3,(H2,10,12)/b4-3+/t7-,8?/m1/s1. The Morgan fingerprint density at radius 3 is 2.67 bits per heavy atom. The van der Waals surface area contributed by atoms with Crippen LogP contribution in [0.5, 0.6) is 0 Å². The normalized spacial score (nSPS) is 16.2. The quantitative estimate of drug-likeness (QED) is 0.602. The van der Waals surface area contributed by atoms with E-state index >= 15 is 0 Å². The largest absolute Gasteiger partial charge is 0.392 e. The molecule has 0 spiro atoms. The van der Waals surface area contributed by atoms with Crippen molar-refractivity contribution >= 4 is 5.91 Å². The van der Waals surface area contributed by atoms with Crippen LogP contribution in [0.2, 0.25) is 0 Å². The lowest BCUT2D eigenvalue weighted by molar-refractivity contribution is -0.120. The van der Waals surface area contributed by atoms with Crippen LogP contribution >= 0.6 is 0 Å². The van der Waals surface area contributed by atoms with Crippen LogP contribution in [0, 0.1) is 5.92 Å². The number of aliphatic hydroxyl groups excluding tert-OH is 1. The van der Waals surface area contributed by atoms with Gasteiger partial charge in [0.1, 0.15) is 0 Å². The van der Waals surface area contributed by atoms with Crippen LogP contribution in [0.4, 0.5) is 0 Å². The summed E-state index contributed by atoms with van der Waals surface area (Å²) in [4.78, 5) is 10.4. The molecule has 70 valence electrons. The van der Waals surface area contributed by atoms with Crippen LogP contribution < -0.4 is 5.73 Å². The predicted octanol–water partition coefficient (Wildman–Crippen LogP) is 0.825. The Hall–Kier alpha value is -0.830. The summed E-state index contributed by atoms with van der Waals surface area (Å²) in [5, 5.41) is 9.38. The number of allylic oxidation sites excluding steroid dienone is 2. The van der Waals surface area contributed by atoms with Crippen molar-refractivity contribution in [1.29, 1.82) is 0 Å². The zero-order valence-corrected chi connectivity index (χ0v) is 7.66. The number of hydrogen-bond acceptors (Lipinski definition) is 2. The van der Waals surface area contributed by atoms with Gasteiger partial charge in [0, 0.05) is 0 Å². The number of nitrogens with two attached hydrogens (primary N) is 1. The van der Waals surface area contributed by atoms with E-state index in [4.69, 9.17) is 5.73 Å². The summed E-state index contributed by atoms with van der Waals surface area (Å²) in [7, 11) is 0. The van der Waals surface area contributed by atoms with Crippen molar-refractivity contribution in [3.63, 3.8) is 0 Å². The molecule has 1 unspecified atom stereocenters. The summed E-state index contributed by atoms with van der Waals surface area (Å²) in [6.07, 6.45) is 4.12. The van der Waals surface area contributed by atoms with E-state index in [0.29, 0.717) is 0 Å². The van der Waals surface area contributed by atoms with E-state index in [1.807, 2.05) is 26.0 Å². The number of amides is 1. The molecule has 0 saturated heterocycles. The first-order chi connectivity index (χ1) is 5.57. The number of aliphatic hydroxyl groups is 1. The molecule has 1 amide bonds. The molecule has 0 heterocycles. The summed E-state index contributed by atoms with van der Waals surface area (Å²) in [6.45, 7) is 3.82. The molecule has 0 aliphatic heterocycles. The van der Waals surface area contributed by atoms with Crippen molar-refractivity contribution in [1.82, 2.24) is 0 Å². The third-order valence-corrected chi connectivity index (χ3v) is 1.81. The molecule has 0 bridgehead atoms. The molecular weight excluding hydrogens is 154 g/mol. The van der Waals surface area contributed by atoms with Crippen LogP contribution in [0.1, 0.15) is 26.7 Å². The fourth-order valence-corrected chi connectivity index (χ4v) is 0.915. The van der Waals surface area contributed by atoms with Gasteiger partial charge in [-0.1, -0.05) is 19.1 Å². The third-order valence-electron chi connectivity index (χ3n) is 1.81. The van der Waals surface area contributed by atoms with Gasteiger partial charge in [-0.3, -0.25) is 4.79 Å². The Labute approximate surface area is 73.3 Å². The minimum absolute atomic E-state index is 0.0543. The van der Waals surface area contributed by atoms with Crippen LogP contribution in [-0.2, 0) is 4.79 Å². The van der Waals surface area contributed by atoms with E-state index < -0.39 is 12.0 Å². The molecule has 0 aromatic rings. The van der Waals surface area contributed by atoms with Gasteiger partial charge in [0.2, 0.25) is 5.91 Å². The Morgan fingerprint density at radius 1 is 1.67 bits per heavy atom. The molecular formula is C9H17NO2. The highest BCUT2D eigenvalue weighted by atomic mass is 16.3. The van der Waals surface area contributed by atoms with Crippen LogP contribution in [0.25, 0.3) is 0 Å². The summed E-state index contributed by atoms with van der Waals surface area (Å²) in [6, 6.07) is 0. The van der Waals surface area contributed by atoms with Crippen molar-refractivity contribution in [2.45, 2.75) is 32.8 Å². The molecule has 0 radical (unpaired) electrons. The summed E-state index contributed by atoms with van der Waals surface area (Å²) in [5.74, 6) is -0.358. The van der Waals surface area contributed by atoms with Crippen molar-refractivity contribution in [2.75, 3.05) is 0 Å². The lowest BCUT2D eigenvalue weighted by atomic mass is 9.98. The second-order valence-corrected chi connectivity index (χ2v) is 3.02. The molecule has 3 N–H and O–H groups in total. The molecule has 2 atom stereocenters. The summed E-state index contributed by atoms with van der Waals surface area (Å²) in [5.41, 5.74) is 4.94. The zero-order valence-electron chi connectivity index (χ0n) is 7.66. The number of primary amides is 1. The zero-order chi connectivity index (χ0) is 9.56. The van der Waals surface area contributed by atoms with E-state index in [2.05, 4.69) is 0 Å². The maximum atomic E-state index is 10.4. The smallest absolute Gasteiger partial charge is 0.220 e. The van der Waals surface area contributed by atoms with Crippen molar-refractivity contribution < 1.29 is 9.90 Å². The van der Waals surface area contributed by atoms with Gasteiger partial charge in [-0.2, -0.15) is 0 Å². The molecule has 0 aromatic carbocycles. The predicted molar refractivity (Wildman–Crippen MR) is 48.4 cm³/mol. The van der Waals surface area contributed by atoms with E-state index in [0.717, 1.165) is 6.42 Å². The topological polar surface area (TPSA) is 63.3 Å². The SMILES string of the molecule is C/C=C/C[C@@H](C)C(O)CC(N)=O. The maximum Gasteiger partial charge on any atom is 0.220 e. The fourth-order valence-electron chi connectivity index (χ4n) is 0.915. The molecule has 12 heavy (non-hydrogen) atoms. The monoisotopic (exact) mass is 171 g/mol. The van der Waals surface area contributed by atoms with E-state index in [1.165, 1.54) is 0 Å². The van der Waals surface area contributed by atoms with Gasteiger partial charge in [0.05, 0.1) is 12.5 Å². The fraction of sp³-hybridized carbons (Fsp3) is 0.667. The van der Waals surface area contributed by atoms with Gasteiger partial charge < -0.3 is 10.8 Å². The highest BCUT2D eigenvalue weighted by Crippen LogP contribution is 2.11. The van der Waals surface area contributed by atoms with Crippen LogP contribution in [-0.4, -0.2) is 17.1 Å². The molecule has 3 heteroatoms. The number of carbonyl (C=O) groups is 1. The van der Waals surface area contributed by atoms with E-state index in [9.17, 15) is 9.90 Å². The van der Waals surface area contributed by atoms with Gasteiger partial charge in [-0.15, -0.1) is 0 Å². The minimum atomic E-state index is -0.612. The molecule has 3 nitrogen and oxygen atoms in total. The maximum absolute atomic E-state index is 10.4. The minimum Gasteiger partial charge on any atom is -0.392 e. The van der Waals surface area contributed by atoms with Gasteiger partial charge in [0.15, 0.2) is 0 Å². The second kappa shape index (κ2) is 5.77. The Morgan fingerprint density at radius 2 is 2.25 bits per heavy atom. The molecule has 0 aliphatic rings. The Bertz CT molecular complexity index is 166. The Kier molecular flexibility index (Phi) is 5.37. The lowest BCUT2D eigenvalue weighted by Crippen LogP contribution is -2.25. The molecule has 0 fully saturated rings. The molecule has 0 rings (SSSR count). The van der Waals surface area contributed by atoms with E-state index in [-0.39, 0.29) is 12.3 Å². The number of hydrogen-bond donors (Lipinski definition) is 2. The third kappa shape index (κ3) is 4.91. The second-order valence-electron chi connectivity index (χ2n) is 3.02. The molecule has 0 aromatic heterocycles. The van der Waals surface area contributed by atoms with Gasteiger partial charge in [-0.05, 0) is 19.3 Å². The van der Waals surface area contributed by atoms with Gasteiger partial charge >= 0.3 is 0 Å². The van der Waals surface area contributed by atoms with Crippen molar-refractivity contribution in [2.24, 2.45) is 11.7 Å². The van der Waals surface area contributed by atoms with Crippen molar-refractivity contribution in [3.8, 4) is 0 Å². The van der Waals surface area contributed by atoms with Crippen molar-refractivity contribution in [3.05, 3.63) is 12.2 Å². The highest BCUT2D eigenvalue weighted by Gasteiger charge is 2.14. The summed E-state index contributed by atoms with van der Waals surface area (Å²) < 4.78 is 0.